The number of carbonyl (C=O) groups is 1. The summed E-state index contributed by atoms with van der Waals surface area (Å²) in [5.41, 5.74) is 0. The monoisotopic (exact) mass is 376 g/mol. The van der Waals surface area contributed by atoms with Gasteiger partial charge in [-0.15, -0.1) is 0 Å². The van der Waals surface area contributed by atoms with E-state index < -0.39 is 6.09 Å². The van der Waals surface area contributed by atoms with E-state index >= 15 is 0 Å². The summed E-state index contributed by atoms with van der Waals surface area (Å²) in [5, 5.41) is 8.85. The second-order valence-electron chi connectivity index (χ2n) is 4.41. The number of rotatable bonds is 4. The molecule has 0 unspecified atom stereocenters. The largest absolute Gasteiger partial charge is 0.492 e. The van der Waals surface area contributed by atoms with Crippen LogP contribution in [0.1, 0.15) is 0 Å². The molecular formula is C13H17IN2O3. The van der Waals surface area contributed by atoms with Crippen molar-refractivity contribution in [2.45, 2.75) is 0 Å². The summed E-state index contributed by atoms with van der Waals surface area (Å²) >= 11 is 2.26. The molecule has 5 nitrogen and oxygen atoms in total. The van der Waals surface area contributed by atoms with Crippen molar-refractivity contribution in [2.24, 2.45) is 0 Å². The second-order valence-corrected chi connectivity index (χ2v) is 5.66. The molecule has 1 amide bonds. The first-order chi connectivity index (χ1) is 9.15. The highest BCUT2D eigenvalue weighted by Crippen LogP contribution is 2.13. The summed E-state index contributed by atoms with van der Waals surface area (Å²) in [6, 6.07) is 7.96. The van der Waals surface area contributed by atoms with E-state index in [1.807, 2.05) is 24.3 Å². The molecule has 0 atom stereocenters. The minimum absolute atomic E-state index is 0.582. The molecule has 2 rings (SSSR count). The van der Waals surface area contributed by atoms with Gasteiger partial charge >= 0.3 is 6.09 Å². The zero-order valence-corrected chi connectivity index (χ0v) is 12.7. The predicted molar refractivity (Wildman–Crippen MR) is 80.7 cm³/mol. The fraction of sp³-hybridized carbons (Fsp3) is 0.462. The lowest BCUT2D eigenvalue weighted by Gasteiger charge is -2.32. The Hall–Kier alpha value is -1.02. The smallest absolute Gasteiger partial charge is 0.407 e. The number of carboxylic acid groups (broad SMARTS) is 1. The molecule has 1 aromatic carbocycles. The standard InChI is InChI=1S/C13H17IN2O3/c14-11-1-3-12(4-2-11)19-10-9-15-5-7-16(8-6-15)13(17)18/h1-4H,5-10H2,(H,17,18). The zero-order chi connectivity index (χ0) is 13.7. The van der Waals surface area contributed by atoms with Gasteiger partial charge in [0.2, 0.25) is 0 Å². The summed E-state index contributed by atoms with van der Waals surface area (Å²) in [6.07, 6.45) is -0.824. The van der Waals surface area contributed by atoms with Gasteiger partial charge in [-0.25, -0.2) is 4.79 Å². The molecule has 0 radical (unpaired) electrons. The Bertz CT molecular complexity index is 416. The molecule has 104 valence electrons. The average molecular weight is 376 g/mol. The van der Waals surface area contributed by atoms with Crippen LogP contribution in [0.2, 0.25) is 0 Å². The number of benzene rings is 1. The fourth-order valence-electron chi connectivity index (χ4n) is 1.99. The van der Waals surface area contributed by atoms with Gasteiger partial charge in [0.25, 0.3) is 0 Å². The molecule has 1 saturated heterocycles. The second kappa shape index (κ2) is 6.95. The maximum atomic E-state index is 10.8. The zero-order valence-electron chi connectivity index (χ0n) is 10.6. The van der Waals surface area contributed by atoms with Crippen molar-refractivity contribution in [1.29, 1.82) is 0 Å². The quantitative estimate of drug-likeness (QED) is 0.817. The third-order valence-electron chi connectivity index (χ3n) is 3.13. The molecule has 0 bridgehead atoms. The average Bonchev–Trinajstić information content (AvgIpc) is 2.41. The Morgan fingerprint density at radius 3 is 2.42 bits per heavy atom. The Morgan fingerprint density at radius 1 is 1.21 bits per heavy atom. The van der Waals surface area contributed by atoms with Gasteiger partial charge < -0.3 is 14.7 Å². The lowest BCUT2D eigenvalue weighted by Crippen LogP contribution is -2.49. The van der Waals surface area contributed by atoms with Crippen molar-refractivity contribution < 1.29 is 14.6 Å². The van der Waals surface area contributed by atoms with E-state index in [9.17, 15) is 4.79 Å². The highest BCUT2D eigenvalue weighted by atomic mass is 127. The summed E-state index contributed by atoms with van der Waals surface area (Å²) < 4.78 is 6.85. The third kappa shape index (κ3) is 4.54. The van der Waals surface area contributed by atoms with Gasteiger partial charge in [0.05, 0.1) is 0 Å². The number of hydrogen-bond donors (Lipinski definition) is 1. The van der Waals surface area contributed by atoms with E-state index in [2.05, 4.69) is 27.5 Å². The van der Waals surface area contributed by atoms with E-state index in [1.165, 1.54) is 8.47 Å². The number of hydrogen-bond acceptors (Lipinski definition) is 3. The van der Waals surface area contributed by atoms with Gasteiger partial charge in [-0.05, 0) is 46.9 Å². The number of halogens is 1. The van der Waals surface area contributed by atoms with Gasteiger partial charge in [0.15, 0.2) is 0 Å². The van der Waals surface area contributed by atoms with E-state index in [-0.39, 0.29) is 0 Å². The van der Waals surface area contributed by atoms with Crippen LogP contribution in [0.25, 0.3) is 0 Å². The highest BCUT2D eigenvalue weighted by Gasteiger charge is 2.19. The molecule has 0 aromatic heterocycles. The first kappa shape index (κ1) is 14.4. The Balaban J connectivity index is 1.67. The topological polar surface area (TPSA) is 53.0 Å². The summed E-state index contributed by atoms with van der Waals surface area (Å²) in [4.78, 5) is 14.5. The number of ether oxygens (including phenoxy) is 1. The SMILES string of the molecule is O=C(O)N1CCN(CCOc2ccc(I)cc2)CC1. The molecule has 0 aliphatic carbocycles. The van der Waals surface area contributed by atoms with Gasteiger partial charge in [-0.1, -0.05) is 0 Å². The van der Waals surface area contributed by atoms with Crippen LogP contribution in [0.3, 0.4) is 0 Å². The van der Waals surface area contributed by atoms with E-state index in [1.54, 1.807) is 0 Å². The predicted octanol–water partition coefficient (Wildman–Crippen LogP) is 1.97. The summed E-state index contributed by atoms with van der Waals surface area (Å²) in [7, 11) is 0. The minimum atomic E-state index is -0.824. The Kier molecular flexibility index (Phi) is 5.26. The molecule has 1 aromatic rings. The van der Waals surface area contributed by atoms with Crippen LogP contribution in [-0.2, 0) is 0 Å². The highest BCUT2D eigenvalue weighted by molar-refractivity contribution is 14.1. The van der Waals surface area contributed by atoms with Crippen molar-refractivity contribution in [2.75, 3.05) is 39.3 Å². The molecule has 0 spiro atoms. The molecular weight excluding hydrogens is 359 g/mol. The van der Waals surface area contributed by atoms with Crippen LogP contribution >= 0.6 is 22.6 Å². The Morgan fingerprint density at radius 2 is 1.84 bits per heavy atom. The molecule has 1 aliphatic heterocycles. The molecule has 6 heteroatoms. The van der Waals surface area contributed by atoms with Crippen molar-refractivity contribution in [3.63, 3.8) is 0 Å². The first-order valence-corrected chi connectivity index (χ1v) is 7.31. The normalized spacial score (nSPS) is 16.4. The van der Waals surface area contributed by atoms with Gasteiger partial charge in [-0.2, -0.15) is 0 Å². The van der Waals surface area contributed by atoms with Crippen LogP contribution in [0, 0.1) is 3.57 Å². The molecule has 1 heterocycles. The van der Waals surface area contributed by atoms with Gasteiger partial charge in [0.1, 0.15) is 12.4 Å². The van der Waals surface area contributed by atoms with Crippen molar-refractivity contribution in [1.82, 2.24) is 9.80 Å². The van der Waals surface area contributed by atoms with E-state index in [0.717, 1.165) is 25.4 Å². The maximum absolute atomic E-state index is 10.8. The van der Waals surface area contributed by atoms with Crippen molar-refractivity contribution in [3.05, 3.63) is 27.8 Å². The molecule has 0 saturated carbocycles. The van der Waals surface area contributed by atoms with Crippen LogP contribution in [0.5, 0.6) is 5.75 Å². The summed E-state index contributed by atoms with van der Waals surface area (Å²) in [5.74, 6) is 0.879. The van der Waals surface area contributed by atoms with Crippen molar-refractivity contribution in [3.8, 4) is 5.75 Å². The maximum Gasteiger partial charge on any atom is 0.407 e. The van der Waals surface area contributed by atoms with Gasteiger partial charge in [0, 0.05) is 36.3 Å². The lowest BCUT2D eigenvalue weighted by atomic mass is 10.3. The first-order valence-electron chi connectivity index (χ1n) is 6.24. The van der Waals surface area contributed by atoms with Crippen LogP contribution < -0.4 is 4.74 Å². The van der Waals surface area contributed by atoms with Gasteiger partial charge in [-0.3, -0.25) is 4.90 Å². The van der Waals surface area contributed by atoms with Crippen LogP contribution in [0.4, 0.5) is 4.79 Å². The Labute approximate surface area is 126 Å². The number of nitrogens with zero attached hydrogens (tertiary/aromatic N) is 2. The molecule has 1 fully saturated rings. The number of amides is 1. The van der Waals surface area contributed by atoms with E-state index in [4.69, 9.17) is 9.84 Å². The van der Waals surface area contributed by atoms with Crippen molar-refractivity contribution >= 4 is 28.7 Å². The summed E-state index contributed by atoms with van der Waals surface area (Å²) in [6.45, 7) is 4.19. The van der Waals surface area contributed by atoms with Crippen LogP contribution in [0.15, 0.2) is 24.3 Å². The fourth-order valence-corrected chi connectivity index (χ4v) is 2.35. The third-order valence-corrected chi connectivity index (χ3v) is 3.85. The van der Waals surface area contributed by atoms with Crippen LogP contribution in [-0.4, -0.2) is 60.3 Å². The molecule has 1 N–H and O–H groups in total. The lowest BCUT2D eigenvalue weighted by molar-refractivity contribution is 0.0985. The van der Waals surface area contributed by atoms with E-state index in [0.29, 0.717) is 19.7 Å². The molecule has 1 aliphatic rings. The minimum Gasteiger partial charge on any atom is -0.492 e. The number of piperazine rings is 1. The molecule has 19 heavy (non-hydrogen) atoms.